The number of nitrogens with two attached hydrogens (primary N) is 1. The van der Waals surface area contributed by atoms with E-state index >= 15 is 0 Å². The standard InChI is InChI=1S/C15H17F3N2O3/c1-20-7-6-10(8-20)14(22)23-12(13(19)21)9-2-4-11(5-3-9)15(16,17)18/h2-5,10,12H,6-8H2,1H3,(H2,19,21). The zero-order chi connectivity index (χ0) is 17.2. The van der Waals surface area contributed by atoms with E-state index in [2.05, 4.69) is 0 Å². The van der Waals surface area contributed by atoms with Gasteiger partial charge in [0.15, 0.2) is 0 Å². The molecule has 1 aromatic rings. The highest BCUT2D eigenvalue weighted by Crippen LogP contribution is 2.30. The van der Waals surface area contributed by atoms with Crippen LogP contribution in [0, 0.1) is 5.92 Å². The molecular formula is C15H17F3N2O3. The first-order valence-electron chi connectivity index (χ1n) is 7.04. The molecule has 0 saturated carbocycles. The molecule has 0 spiro atoms. The lowest BCUT2D eigenvalue weighted by atomic mass is 10.1. The van der Waals surface area contributed by atoms with Crippen LogP contribution < -0.4 is 5.73 Å². The van der Waals surface area contributed by atoms with E-state index in [0.29, 0.717) is 13.0 Å². The largest absolute Gasteiger partial charge is 0.447 e. The van der Waals surface area contributed by atoms with E-state index in [4.69, 9.17) is 10.5 Å². The molecule has 2 atom stereocenters. The summed E-state index contributed by atoms with van der Waals surface area (Å²) in [6.07, 6.45) is -5.27. The third-order valence-corrected chi connectivity index (χ3v) is 3.76. The average Bonchev–Trinajstić information content (AvgIpc) is 2.90. The van der Waals surface area contributed by atoms with Crippen molar-refractivity contribution in [1.82, 2.24) is 4.90 Å². The number of likely N-dealkylation sites (tertiary alicyclic amines) is 1. The maximum atomic E-state index is 12.5. The summed E-state index contributed by atoms with van der Waals surface area (Å²) in [6.45, 7) is 1.25. The lowest BCUT2D eigenvalue weighted by molar-refractivity contribution is -0.159. The van der Waals surface area contributed by atoms with Gasteiger partial charge < -0.3 is 15.4 Å². The van der Waals surface area contributed by atoms with Gasteiger partial charge in [-0.25, -0.2) is 0 Å². The first-order chi connectivity index (χ1) is 10.7. The predicted molar refractivity (Wildman–Crippen MR) is 75.1 cm³/mol. The van der Waals surface area contributed by atoms with E-state index in [1.165, 1.54) is 0 Å². The van der Waals surface area contributed by atoms with E-state index in [9.17, 15) is 22.8 Å². The molecule has 5 nitrogen and oxygen atoms in total. The van der Waals surface area contributed by atoms with Gasteiger partial charge in [-0.2, -0.15) is 13.2 Å². The lowest BCUT2D eigenvalue weighted by Crippen LogP contribution is -2.30. The van der Waals surface area contributed by atoms with E-state index in [1.807, 2.05) is 11.9 Å². The van der Waals surface area contributed by atoms with Crippen LogP contribution in [0.15, 0.2) is 24.3 Å². The second-order valence-corrected chi connectivity index (χ2v) is 5.59. The molecule has 23 heavy (non-hydrogen) atoms. The Balaban J connectivity index is 2.12. The molecule has 126 valence electrons. The molecule has 2 unspecified atom stereocenters. The van der Waals surface area contributed by atoms with Gasteiger partial charge >= 0.3 is 12.1 Å². The predicted octanol–water partition coefficient (Wildman–Crippen LogP) is 1.73. The van der Waals surface area contributed by atoms with Crippen LogP contribution in [0.5, 0.6) is 0 Å². The number of ether oxygens (including phenoxy) is 1. The fourth-order valence-corrected chi connectivity index (χ4v) is 2.48. The van der Waals surface area contributed by atoms with Gasteiger partial charge in [-0.1, -0.05) is 12.1 Å². The van der Waals surface area contributed by atoms with Crippen LogP contribution in [0.3, 0.4) is 0 Å². The van der Waals surface area contributed by atoms with Crippen LogP contribution in [-0.2, 0) is 20.5 Å². The monoisotopic (exact) mass is 330 g/mol. The van der Waals surface area contributed by atoms with Crippen molar-refractivity contribution < 1.29 is 27.5 Å². The number of nitrogens with zero attached hydrogens (tertiary/aromatic N) is 1. The van der Waals surface area contributed by atoms with Crippen molar-refractivity contribution in [2.24, 2.45) is 11.7 Å². The molecule has 1 aromatic carbocycles. The van der Waals surface area contributed by atoms with Gasteiger partial charge in [0.05, 0.1) is 11.5 Å². The van der Waals surface area contributed by atoms with Crippen LogP contribution in [0.2, 0.25) is 0 Å². The fraction of sp³-hybridized carbons (Fsp3) is 0.467. The Morgan fingerprint density at radius 1 is 1.30 bits per heavy atom. The molecule has 0 aromatic heterocycles. The molecule has 2 rings (SSSR count). The first-order valence-corrected chi connectivity index (χ1v) is 7.04. The van der Waals surface area contributed by atoms with Gasteiger partial charge in [-0.15, -0.1) is 0 Å². The van der Waals surface area contributed by atoms with E-state index < -0.39 is 29.7 Å². The Kier molecular flexibility index (Phi) is 4.93. The minimum atomic E-state index is -4.48. The summed E-state index contributed by atoms with van der Waals surface area (Å²) in [5.74, 6) is -1.86. The lowest BCUT2D eigenvalue weighted by Gasteiger charge is -2.18. The average molecular weight is 330 g/mol. The number of amides is 1. The number of alkyl halides is 3. The molecule has 1 aliphatic heterocycles. The van der Waals surface area contributed by atoms with Crippen molar-refractivity contribution in [2.45, 2.75) is 18.7 Å². The van der Waals surface area contributed by atoms with E-state index in [0.717, 1.165) is 30.8 Å². The van der Waals surface area contributed by atoms with E-state index in [1.54, 1.807) is 0 Å². The number of esters is 1. The highest BCUT2D eigenvalue weighted by molar-refractivity contribution is 5.84. The Morgan fingerprint density at radius 2 is 1.91 bits per heavy atom. The number of halogens is 3. The summed E-state index contributed by atoms with van der Waals surface area (Å²) in [4.78, 5) is 25.5. The third kappa shape index (κ3) is 4.22. The molecule has 1 fully saturated rings. The molecule has 8 heteroatoms. The van der Waals surface area contributed by atoms with Crippen LogP contribution in [0.4, 0.5) is 13.2 Å². The van der Waals surface area contributed by atoms with Gasteiger partial charge in [-0.3, -0.25) is 9.59 Å². The maximum absolute atomic E-state index is 12.5. The summed E-state index contributed by atoms with van der Waals surface area (Å²) in [6, 6.07) is 3.82. The molecule has 1 aliphatic rings. The fourth-order valence-electron chi connectivity index (χ4n) is 2.48. The molecule has 1 saturated heterocycles. The quantitative estimate of drug-likeness (QED) is 0.854. The molecular weight excluding hydrogens is 313 g/mol. The third-order valence-electron chi connectivity index (χ3n) is 3.76. The van der Waals surface area contributed by atoms with Crippen molar-refractivity contribution in [3.8, 4) is 0 Å². The number of hydrogen-bond donors (Lipinski definition) is 1. The van der Waals surface area contributed by atoms with Crippen LogP contribution >= 0.6 is 0 Å². The highest BCUT2D eigenvalue weighted by atomic mass is 19.4. The van der Waals surface area contributed by atoms with Crippen LogP contribution in [0.25, 0.3) is 0 Å². The Morgan fingerprint density at radius 3 is 2.35 bits per heavy atom. The van der Waals surface area contributed by atoms with E-state index in [-0.39, 0.29) is 11.5 Å². The number of hydrogen-bond acceptors (Lipinski definition) is 4. The van der Waals surface area contributed by atoms with Gasteiger partial charge in [0.2, 0.25) is 6.10 Å². The molecule has 0 bridgehead atoms. The van der Waals surface area contributed by atoms with Gasteiger partial charge in [0.25, 0.3) is 5.91 Å². The molecule has 0 radical (unpaired) electrons. The van der Waals surface area contributed by atoms with Gasteiger partial charge in [0.1, 0.15) is 0 Å². The van der Waals surface area contributed by atoms with Crippen molar-refractivity contribution in [3.05, 3.63) is 35.4 Å². The smallest absolute Gasteiger partial charge is 0.416 e. The molecule has 2 N–H and O–H groups in total. The topological polar surface area (TPSA) is 72.6 Å². The number of rotatable bonds is 4. The minimum Gasteiger partial charge on any atom is -0.447 e. The van der Waals surface area contributed by atoms with Crippen LogP contribution in [-0.4, -0.2) is 36.9 Å². The maximum Gasteiger partial charge on any atom is 0.416 e. The highest BCUT2D eigenvalue weighted by Gasteiger charge is 2.33. The number of primary amides is 1. The second-order valence-electron chi connectivity index (χ2n) is 5.59. The minimum absolute atomic E-state index is 0.116. The van der Waals surface area contributed by atoms with Gasteiger partial charge in [0, 0.05) is 12.1 Å². The molecule has 1 amide bonds. The Bertz CT molecular complexity index is 587. The normalized spacial score (nSPS) is 20.3. The summed E-state index contributed by atoms with van der Waals surface area (Å²) in [5.41, 5.74) is 4.48. The summed E-state index contributed by atoms with van der Waals surface area (Å²) in [5, 5.41) is 0. The summed E-state index contributed by atoms with van der Waals surface area (Å²) in [7, 11) is 1.86. The Hall–Kier alpha value is -2.09. The summed E-state index contributed by atoms with van der Waals surface area (Å²) >= 11 is 0. The zero-order valence-corrected chi connectivity index (χ0v) is 12.5. The van der Waals surface area contributed by atoms with Crippen molar-refractivity contribution >= 4 is 11.9 Å². The molecule has 0 aliphatic carbocycles. The Labute approximate surface area is 131 Å². The van der Waals surface area contributed by atoms with Gasteiger partial charge in [-0.05, 0) is 32.1 Å². The van der Waals surface area contributed by atoms with Crippen molar-refractivity contribution in [3.63, 3.8) is 0 Å². The number of carbonyl (C=O) groups is 2. The molecule has 1 heterocycles. The SMILES string of the molecule is CN1CCC(C(=O)OC(C(N)=O)c2ccc(C(F)(F)F)cc2)C1. The van der Waals surface area contributed by atoms with Crippen LogP contribution in [0.1, 0.15) is 23.7 Å². The number of benzene rings is 1. The first kappa shape index (κ1) is 17.3. The van der Waals surface area contributed by atoms with Crippen molar-refractivity contribution in [1.29, 1.82) is 0 Å². The second kappa shape index (κ2) is 6.57. The zero-order valence-electron chi connectivity index (χ0n) is 12.5. The van der Waals surface area contributed by atoms with Crippen molar-refractivity contribution in [2.75, 3.05) is 20.1 Å². The summed E-state index contributed by atoms with van der Waals surface area (Å²) < 4.78 is 42.8. The number of carbonyl (C=O) groups excluding carboxylic acids is 2.